The molecule has 1 aliphatic heterocycles. The number of alkyl halides is 1. The lowest BCUT2D eigenvalue weighted by Crippen LogP contribution is -2.20. The van der Waals surface area contributed by atoms with Gasteiger partial charge in [0.25, 0.3) is 0 Å². The highest BCUT2D eigenvalue weighted by Gasteiger charge is 2.35. The van der Waals surface area contributed by atoms with Gasteiger partial charge in [0, 0.05) is 20.5 Å². The highest BCUT2D eigenvalue weighted by molar-refractivity contribution is 5.65. The zero-order valence-electron chi connectivity index (χ0n) is 7.66. The van der Waals surface area contributed by atoms with Gasteiger partial charge >= 0.3 is 5.97 Å². The van der Waals surface area contributed by atoms with Crippen molar-refractivity contribution in [3.8, 4) is 0 Å². The average Bonchev–Trinajstić information content (AvgIpc) is 2.43. The normalized spacial score (nSPS) is 33.3. The van der Waals surface area contributed by atoms with E-state index in [1.165, 1.54) is 14.0 Å². The van der Waals surface area contributed by atoms with Crippen LogP contribution >= 0.6 is 0 Å². The van der Waals surface area contributed by atoms with E-state index in [4.69, 9.17) is 9.47 Å². The van der Waals surface area contributed by atoms with E-state index in [0.717, 1.165) is 0 Å². The zero-order valence-corrected chi connectivity index (χ0v) is 7.66. The second-order valence-corrected chi connectivity index (χ2v) is 2.92. The molecule has 0 bridgehead atoms. The van der Waals surface area contributed by atoms with E-state index in [1.54, 1.807) is 0 Å². The third kappa shape index (κ3) is 2.93. The molecule has 0 spiro atoms. The number of carbonyl (C=O) groups excluding carboxylic acids is 1. The first-order valence-corrected chi connectivity index (χ1v) is 4.09. The molecule has 1 aliphatic rings. The molecule has 3 atom stereocenters. The van der Waals surface area contributed by atoms with Crippen molar-refractivity contribution < 1.29 is 23.4 Å². The quantitative estimate of drug-likeness (QED) is 0.616. The number of carbonyl (C=O) groups is 1. The molecule has 1 fully saturated rings. The van der Waals surface area contributed by atoms with E-state index in [0.29, 0.717) is 0 Å². The second kappa shape index (κ2) is 4.53. The fourth-order valence-electron chi connectivity index (χ4n) is 1.21. The van der Waals surface area contributed by atoms with Crippen LogP contribution in [0, 0.1) is 0 Å². The Balaban J connectivity index is 2.27. The first-order valence-electron chi connectivity index (χ1n) is 4.09. The third-order valence-electron chi connectivity index (χ3n) is 1.81. The van der Waals surface area contributed by atoms with Crippen LogP contribution in [0.1, 0.15) is 13.3 Å². The lowest BCUT2D eigenvalue weighted by molar-refractivity contribution is -0.158. The Kier molecular flexibility index (Phi) is 3.62. The van der Waals surface area contributed by atoms with Crippen molar-refractivity contribution in [3.63, 3.8) is 0 Å². The van der Waals surface area contributed by atoms with Crippen molar-refractivity contribution >= 4 is 5.97 Å². The fourth-order valence-corrected chi connectivity index (χ4v) is 1.21. The van der Waals surface area contributed by atoms with Gasteiger partial charge in [-0.3, -0.25) is 4.79 Å². The van der Waals surface area contributed by atoms with Crippen LogP contribution in [0.3, 0.4) is 0 Å². The van der Waals surface area contributed by atoms with Crippen LogP contribution in [0.4, 0.5) is 4.39 Å². The van der Waals surface area contributed by atoms with Crippen molar-refractivity contribution in [3.05, 3.63) is 0 Å². The number of ether oxygens (including phenoxy) is 3. The molecule has 0 radical (unpaired) electrons. The standard InChI is InChI=1S/C8H13FO4/c1-5(10)12-4-6-3-7(9)8(11-2)13-6/h6-8H,3-4H2,1-2H3/t6-,7-,8?/m0/s1. The number of hydrogen-bond acceptors (Lipinski definition) is 4. The summed E-state index contributed by atoms with van der Waals surface area (Å²) in [7, 11) is 1.38. The minimum Gasteiger partial charge on any atom is -0.463 e. The molecule has 0 N–H and O–H groups in total. The van der Waals surface area contributed by atoms with E-state index in [-0.39, 0.29) is 25.1 Å². The molecule has 5 heteroatoms. The Hall–Kier alpha value is -0.680. The van der Waals surface area contributed by atoms with Gasteiger partial charge < -0.3 is 14.2 Å². The Labute approximate surface area is 76.0 Å². The Morgan fingerprint density at radius 2 is 2.38 bits per heavy atom. The third-order valence-corrected chi connectivity index (χ3v) is 1.81. The number of rotatable bonds is 3. The fraction of sp³-hybridized carbons (Fsp3) is 0.875. The van der Waals surface area contributed by atoms with Crippen molar-refractivity contribution in [2.24, 2.45) is 0 Å². The van der Waals surface area contributed by atoms with Crippen LogP contribution in [-0.4, -0.2) is 38.3 Å². The van der Waals surface area contributed by atoms with Gasteiger partial charge in [0.1, 0.15) is 6.61 Å². The molecule has 0 aromatic carbocycles. The molecule has 1 saturated heterocycles. The monoisotopic (exact) mass is 192 g/mol. The number of halogens is 1. The van der Waals surface area contributed by atoms with E-state index in [2.05, 4.69) is 4.74 Å². The Morgan fingerprint density at radius 3 is 2.85 bits per heavy atom. The van der Waals surface area contributed by atoms with Gasteiger partial charge in [-0.05, 0) is 0 Å². The number of methoxy groups -OCH3 is 1. The van der Waals surface area contributed by atoms with Crippen molar-refractivity contribution in [2.75, 3.05) is 13.7 Å². The van der Waals surface area contributed by atoms with Gasteiger partial charge in [-0.1, -0.05) is 0 Å². The van der Waals surface area contributed by atoms with Crippen LogP contribution in [0.2, 0.25) is 0 Å². The molecule has 0 aromatic rings. The van der Waals surface area contributed by atoms with Gasteiger partial charge in [-0.2, -0.15) is 0 Å². The molecule has 4 nitrogen and oxygen atoms in total. The second-order valence-electron chi connectivity index (χ2n) is 2.92. The Morgan fingerprint density at radius 1 is 1.69 bits per heavy atom. The molecule has 0 amide bonds. The highest BCUT2D eigenvalue weighted by atomic mass is 19.1. The highest BCUT2D eigenvalue weighted by Crippen LogP contribution is 2.23. The van der Waals surface area contributed by atoms with Crippen LogP contribution in [0.5, 0.6) is 0 Å². The summed E-state index contributed by atoms with van der Waals surface area (Å²) in [6.07, 6.45) is -2.12. The minimum absolute atomic E-state index is 0.0929. The van der Waals surface area contributed by atoms with Crippen molar-refractivity contribution in [1.82, 2.24) is 0 Å². The van der Waals surface area contributed by atoms with Crippen LogP contribution in [0.25, 0.3) is 0 Å². The van der Waals surface area contributed by atoms with Crippen molar-refractivity contribution in [2.45, 2.75) is 31.9 Å². The molecule has 1 heterocycles. The summed E-state index contributed by atoms with van der Waals surface area (Å²) >= 11 is 0. The minimum atomic E-state index is -1.13. The van der Waals surface area contributed by atoms with E-state index in [9.17, 15) is 9.18 Å². The van der Waals surface area contributed by atoms with Crippen molar-refractivity contribution in [1.29, 1.82) is 0 Å². The van der Waals surface area contributed by atoms with Gasteiger partial charge in [0.05, 0.1) is 6.10 Å². The van der Waals surface area contributed by atoms with E-state index >= 15 is 0 Å². The lowest BCUT2D eigenvalue weighted by Gasteiger charge is -2.11. The van der Waals surface area contributed by atoms with Crippen LogP contribution < -0.4 is 0 Å². The van der Waals surface area contributed by atoms with E-state index < -0.39 is 12.5 Å². The molecule has 76 valence electrons. The summed E-state index contributed by atoms with van der Waals surface area (Å²) in [6, 6.07) is 0. The number of hydrogen-bond donors (Lipinski definition) is 0. The summed E-state index contributed by atoms with van der Waals surface area (Å²) in [5.41, 5.74) is 0. The summed E-state index contributed by atoms with van der Waals surface area (Å²) in [6.45, 7) is 1.39. The molecule has 0 saturated carbocycles. The summed E-state index contributed by atoms with van der Waals surface area (Å²) in [5, 5.41) is 0. The first kappa shape index (κ1) is 10.4. The average molecular weight is 192 g/mol. The van der Waals surface area contributed by atoms with Crippen LogP contribution in [0.15, 0.2) is 0 Å². The molecular weight excluding hydrogens is 179 g/mol. The predicted molar refractivity (Wildman–Crippen MR) is 41.8 cm³/mol. The SMILES string of the molecule is COC1O[C@H](COC(C)=O)C[C@@H]1F. The van der Waals surface area contributed by atoms with E-state index in [1.807, 2.05) is 0 Å². The first-order chi connectivity index (χ1) is 6.13. The maximum absolute atomic E-state index is 13.0. The Bertz CT molecular complexity index is 185. The largest absolute Gasteiger partial charge is 0.463 e. The molecule has 0 aliphatic carbocycles. The van der Waals surface area contributed by atoms with Gasteiger partial charge in [-0.25, -0.2) is 4.39 Å². The lowest BCUT2D eigenvalue weighted by atomic mass is 10.2. The van der Waals surface area contributed by atoms with Crippen LogP contribution in [-0.2, 0) is 19.0 Å². The smallest absolute Gasteiger partial charge is 0.302 e. The molecule has 13 heavy (non-hydrogen) atoms. The van der Waals surface area contributed by atoms with Gasteiger partial charge in [-0.15, -0.1) is 0 Å². The molecule has 1 unspecified atom stereocenters. The van der Waals surface area contributed by atoms with Gasteiger partial charge in [0.2, 0.25) is 0 Å². The predicted octanol–water partition coefficient (Wildman–Crippen LogP) is 0.649. The summed E-state index contributed by atoms with van der Waals surface area (Å²) in [4.78, 5) is 10.4. The summed E-state index contributed by atoms with van der Waals surface area (Å²) in [5.74, 6) is -0.389. The molecular formula is C8H13FO4. The summed E-state index contributed by atoms with van der Waals surface area (Å²) < 4.78 is 27.5. The zero-order chi connectivity index (χ0) is 9.84. The number of esters is 1. The molecule has 1 rings (SSSR count). The molecule has 0 aromatic heterocycles. The maximum atomic E-state index is 13.0. The topological polar surface area (TPSA) is 44.8 Å². The maximum Gasteiger partial charge on any atom is 0.302 e. The van der Waals surface area contributed by atoms with Gasteiger partial charge in [0.15, 0.2) is 12.5 Å².